The van der Waals surface area contributed by atoms with E-state index in [0.29, 0.717) is 18.7 Å². The molecule has 1 aliphatic heterocycles. The normalized spacial score (nSPS) is 15.4. The predicted molar refractivity (Wildman–Crippen MR) is 124 cm³/mol. The molecule has 0 atom stereocenters. The molecular formula is C24H26F3N5O4. The Kier molecular flexibility index (Phi) is 7.16. The molecule has 3 aromatic rings. The lowest BCUT2D eigenvalue weighted by Crippen LogP contribution is -2.36. The standard InChI is InChI=1S/C24H26F3N5O4/c1-14(2)36-18-10-21-28-17(15-6-8-31(9-7-15)13-22(33)34)12-32(21)11-16(18)23(35)30-20-5-3-4-19(29-20)24(25,26)27/h3-5,10-12,14-15H,6-9,13H2,1-2H3,(H,33,34)(H,29,30,35). The molecule has 0 aromatic carbocycles. The Morgan fingerprint density at radius 1 is 1.19 bits per heavy atom. The molecule has 1 saturated heterocycles. The van der Waals surface area contributed by atoms with Gasteiger partial charge in [-0.2, -0.15) is 13.2 Å². The number of carboxylic acid groups (broad SMARTS) is 1. The molecular weight excluding hydrogens is 479 g/mol. The molecule has 0 bridgehead atoms. The molecule has 1 fully saturated rings. The molecule has 36 heavy (non-hydrogen) atoms. The van der Waals surface area contributed by atoms with Crippen molar-refractivity contribution in [2.24, 2.45) is 0 Å². The topological polar surface area (TPSA) is 109 Å². The molecule has 3 aromatic heterocycles. The highest BCUT2D eigenvalue weighted by Crippen LogP contribution is 2.31. The zero-order valence-electron chi connectivity index (χ0n) is 19.7. The van der Waals surface area contributed by atoms with Crippen molar-refractivity contribution in [3.63, 3.8) is 0 Å². The third-order valence-corrected chi connectivity index (χ3v) is 5.83. The number of nitrogens with zero attached hydrogens (tertiary/aromatic N) is 4. The van der Waals surface area contributed by atoms with Crippen LogP contribution in [0.4, 0.5) is 19.0 Å². The molecule has 12 heteroatoms. The smallest absolute Gasteiger partial charge is 0.433 e. The Morgan fingerprint density at radius 3 is 2.56 bits per heavy atom. The van der Waals surface area contributed by atoms with E-state index in [1.54, 1.807) is 24.3 Å². The highest BCUT2D eigenvalue weighted by Gasteiger charge is 2.32. The summed E-state index contributed by atoms with van der Waals surface area (Å²) in [5, 5.41) is 11.4. The van der Waals surface area contributed by atoms with E-state index in [4.69, 9.17) is 14.8 Å². The summed E-state index contributed by atoms with van der Waals surface area (Å²) < 4.78 is 46.5. The molecule has 0 spiro atoms. The van der Waals surface area contributed by atoms with Crippen molar-refractivity contribution in [2.75, 3.05) is 25.0 Å². The van der Waals surface area contributed by atoms with Crippen molar-refractivity contribution in [3.8, 4) is 5.75 Å². The number of anilines is 1. The molecule has 9 nitrogen and oxygen atoms in total. The van der Waals surface area contributed by atoms with Crippen LogP contribution in [0.2, 0.25) is 0 Å². The minimum absolute atomic E-state index is 0.00694. The number of imidazole rings is 1. The van der Waals surface area contributed by atoms with Gasteiger partial charge in [-0.3, -0.25) is 14.5 Å². The van der Waals surface area contributed by atoms with Crippen LogP contribution < -0.4 is 10.1 Å². The summed E-state index contributed by atoms with van der Waals surface area (Å²) in [6.45, 7) is 4.88. The minimum atomic E-state index is -4.64. The van der Waals surface area contributed by atoms with E-state index in [9.17, 15) is 22.8 Å². The van der Waals surface area contributed by atoms with Gasteiger partial charge in [-0.25, -0.2) is 9.97 Å². The summed E-state index contributed by atoms with van der Waals surface area (Å²) in [5.74, 6) is -1.38. The van der Waals surface area contributed by atoms with Crippen LogP contribution in [0.1, 0.15) is 54.4 Å². The Morgan fingerprint density at radius 2 is 1.92 bits per heavy atom. The van der Waals surface area contributed by atoms with E-state index in [2.05, 4.69) is 10.3 Å². The quantitative estimate of drug-likeness (QED) is 0.499. The zero-order valence-corrected chi connectivity index (χ0v) is 19.7. The van der Waals surface area contributed by atoms with Gasteiger partial charge in [0.05, 0.1) is 23.9 Å². The first-order chi connectivity index (χ1) is 17.0. The number of rotatable bonds is 7. The second-order valence-corrected chi connectivity index (χ2v) is 8.95. The van der Waals surface area contributed by atoms with Gasteiger partial charge in [0.15, 0.2) is 0 Å². The summed E-state index contributed by atoms with van der Waals surface area (Å²) in [7, 11) is 0. The number of amides is 1. The number of alkyl halides is 3. The van der Waals surface area contributed by atoms with Crippen molar-refractivity contribution >= 4 is 23.3 Å². The van der Waals surface area contributed by atoms with Crippen LogP contribution in [0.5, 0.6) is 5.75 Å². The lowest BCUT2D eigenvalue weighted by Gasteiger charge is -2.29. The number of carbonyl (C=O) groups excluding carboxylic acids is 1. The fraction of sp³-hybridized carbons (Fsp3) is 0.417. The van der Waals surface area contributed by atoms with Crippen molar-refractivity contribution in [1.82, 2.24) is 19.3 Å². The molecule has 2 N–H and O–H groups in total. The van der Waals surface area contributed by atoms with E-state index in [1.165, 1.54) is 18.3 Å². The Bertz CT molecular complexity index is 1270. The van der Waals surface area contributed by atoms with Gasteiger partial charge >= 0.3 is 12.1 Å². The molecule has 4 rings (SSSR count). The minimum Gasteiger partial charge on any atom is -0.490 e. The highest BCUT2D eigenvalue weighted by atomic mass is 19.4. The van der Waals surface area contributed by atoms with E-state index < -0.39 is 23.7 Å². The Hall–Kier alpha value is -3.67. The number of carboxylic acids is 1. The summed E-state index contributed by atoms with van der Waals surface area (Å²) in [4.78, 5) is 34.1. The number of halogens is 3. The van der Waals surface area contributed by atoms with Crippen LogP contribution in [0, 0.1) is 0 Å². The number of carbonyl (C=O) groups is 2. The number of pyridine rings is 2. The maximum atomic E-state index is 13.1. The van der Waals surface area contributed by atoms with Gasteiger partial charge in [-0.1, -0.05) is 6.07 Å². The average Bonchev–Trinajstić information content (AvgIpc) is 3.21. The molecule has 0 unspecified atom stereocenters. The van der Waals surface area contributed by atoms with Crippen LogP contribution >= 0.6 is 0 Å². The summed E-state index contributed by atoms with van der Waals surface area (Å²) >= 11 is 0. The molecule has 4 heterocycles. The predicted octanol–water partition coefficient (Wildman–Crippen LogP) is 4.05. The maximum absolute atomic E-state index is 13.1. The highest BCUT2D eigenvalue weighted by molar-refractivity contribution is 6.05. The molecule has 0 radical (unpaired) electrons. The monoisotopic (exact) mass is 505 g/mol. The number of nitrogens with one attached hydrogen (secondary N) is 1. The van der Waals surface area contributed by atoms with Crippen LogP contribution in [0.3, 0.4) is 0 Å². The fourth-order valence-corrected chi connectivity index (χ4v) is 4.18. The first-order valence-corrected chi connectivity index (χ1v) is 11.5. The van der Waals surface area contributed by atoms with Gasteiger partial charge < -0.3 is 19.6 Å². The number of aromatic nitrogens is 3. The Labute approximate surface area is 204 Å². The van der Waals surface area contributed by atoms with Crippen molar-refractivity contribution in [2.45, 2.75) is 44.9 Å². The molecule has 192 valence electrons. The van der Waals surface area contributed by atoms with E-state index in [0.717, 1.165) is 24.6 Å². The first-order valence-electron chi connectivity index (χ1n) is 11.5. The van der Waals surface area contributed by atoms with Crippen LogP contribution in [-0.2, 0) is 11.0 Å². The van der Waals surface area contributed by atoms with Crippen LogP contribution in [-0.4, -0.2) is 62.0 Å². The van der Waals surface area contributed by atoms with E-state index >= 15 is 0 Å². The number of likely N-dealkylation sites (tertiary alicyclic amines) is 1. The molecule has 1 amide bonds. The largest absolute Gasteiger partial charge is 0.490 e. The van der Waals surface area contributed by atoms with Crippen molar-refractivity contribution in [3.05, 3.63) is 53.6 Å². The second kappa shape index (κ2) is 10.1. The Balaban J connectivity index is 1.59. The molecule has 1 aliphatic rings. The van der Waals surface area contributed by atoms with Gasteiger partial charge in [-0.15, -0.1) is 0 Å². The zero-order chi connectivity index (χ0) is 26.0. The van der Waals surface area contributed by atoms with Gasteiger partial charge in [0.1, 0.15) is 22.9 Å². The number of hydrogen-bond acceptors (Lipinski definition) is 6. The van der Waals surface area contributed by atoms with Crippen LogP contribution in [0.15, 0.2) is 36.7 Å². The number of aliphatic carboxylic acids is 1. The first kappa shape index (κ1) is 25.4. The van der Waals surface area contributed by atoms with Crippen LogP contribution in [0.25, 0.3) is 5.65 Å². The number of piperidine rings is 1. The summed E-state index contributed by atoms with van der Waals surface area (Å²) in [5.41, 5.74) is 0.388. The lowest BCUT2D eigenvalue weighted by molar-refractivity contribution is -0.141. The van der Waals surface area contributed by atoms with Gasteiger partial charge in [0, 0.05) is 24.4 Å². The molecule has 0 aliphatic carbocycles. The molecule has 0 saturated carbocycles. The van der Waals surface area contributed by atoms with Gasteiger partial charge in [0.2, 0.25) is 0 Å². The number of hydrogen-bond donors (Lipinski definition) is 2. The second-order valence-electron chi connectivity index (χ2n) is 8.95. The lowest BCUT2D eigenvalue weighted by atomic mass is 9.94. The van der Waals surface area contributed by atoms with Crippen molar-refractivity contribution in [1.29, 1.82) is 0 Å². The van der Waals surface area contributed by atoms with Gasteiger partial charge in [-0.05, 0) is 51.9 Å². The fourth-order valence-electron chi connectivity index (χ4n) is 4.18. The number of ether oxygens (including phenoxy) is 1. The SMILES string of the molecule is CC(C)Oc1cc2nc(C3CCN(CC(=O)O)CC3)cn2cc1C(=O)Nc1cccc(C(F)(F)F)n1. The van der Waals surface area contributed by atoms with E-state index in [-0.39, 0.29) is 35.7 Å². The summed E-state index contributed by atoms with van der Waals surface area (Å²) in [6.07, 6.45) is -0.0547. The maximum Gasteiger partial charge on any atom is 0.433 e. The average molecular weight is 505 g/mol. The van der Waals surface area contributed by atoms with Gasteiger partial charge in [0.25, 0.3) is 5.91 Å². The summed E-state index contributed by atoms with van der Waals surface area (Å²) in [6, 6.07) is 4.90. The number of fused-ring (bicyclic) bond motifs is 1. The van der Waals surface area contributed by atoms with E-state index in [1.807, 2.05) is 11.1 Å². The third-order valence-electron chi connectivity index (χ3n) is 5.83. The van der Waals surface area contributed by atoms with Crippen molar-refractivity contribution < 1.29 is 32.6 Å². The third kappa shape index (κ3) is 5.93.